The normalized spacial score (nSPS) is 30.4. The van der Waals surface area contributed by atoms with E-state index in [4.69, 9.17) is 0 Å². The maximum atomic E-state index is 10.7. The second kappa shape index (κ2) is 4.89. The van der Waals surface area contributed by atoms with E-state index < -0.39 is 5.60 Å². The lowest BCUT2D eigenvalue weighted by Crippen LogP contribution is -2.48. The molecular weight excluding hydrogens is 210 g/mol. The van der Waals surface area contributed by atoms with Crippen LogP contribution in [0.3, 0.4) is 0 Å². The highest BCUT2D eigenvalue weighted by molar-refractivity contribution is 4.91. The Morgan fingerprint density at radius 2 is 1.59 bits per heavy atom. The summed E-state index contributed by atoms with van der Waals surface area (Å²) in [7, 11) is 0. The molecule has 0 bridgehead atoms. The van der Waals surface area contributed by atoms with Gasteiger partial charge in [0.25, 0.3) is 0 Å². The molecule has 0 spiro atoms. The highest BCUT2D eigenvalue weighted by Crippen LogP contribution is 2.40. The van der Waals surface area contributed by atoms with Gasteiger partial charge in [0.05, 0.1) is 5.60 Å². The van der Waals surface area contributed by atoms with Gasteiger partial charge < -0.3 is 10.0 Å². The van der Waals surface area contributed by atoms with Gasteiger partial charge in [0.15, 0.2) is 0 Å². The lowest BCUT2D eigenvalue weighted by molar-refractivity contribution is -0.0540. The number of β-amino-alcohol motifs (C(OH)–C–C–N with tert-alkyl or cyclic N) is 1. The molecule has 1 saturated heterocycles. The fourth-order valence-electron chi connectivity index (χ4n) is 3.19. The van der Waals surface area contributed by atoms with Crippen LogP contribution in [0.4, 0.5) is 0 Å². The van der Waals surface area contributed by atoms with Gasteiger partial charge in [0.1, 0.15) is 0 Å². The van der Waals surface area contributed by atoms with Crippen molar-refractivity contribution in [3.8, 4) is 0 Å². The number of piperidine rings is 1. The van der Waals surface area contributed by atoms with Gasteiger partial charge in [-0.25, -0.2) is 0 Å². The van der Waals surface area contributed by atoms with Gasteiger partial charge in [-0.2, -0.15) is 0 Å². The lowest BCUT2D eigenvalue weighted by atomic mass is 9.71. The van der Waals surface area contributed by atoms with Gasteiger partial charge in [0.2, 0.25) is 0 Å². The third-order valence-electron chi connectivity index (χ3n) is 4.93. The van der Waals surface area contributed by atoms with Gasteiger partial charge >= 0.3 is 0 Å². The van der Waals surface area contributed by atoms with Gasteiger partial charge in [-0.05, 0) is 62.9 Å². The molecule has 0 radical (unpaired) electrons. The molecule has 1 aliphatic carbocycles. The smallest absolute Gasteiger partial charge is 0.0774 e. The molecule has 2 fully saturated rings. The molecule has 0 aromatic carbocycles. The number of likely N-dealkylation sites (tertiary alicyclic amines) is 1. The van der Waals surface area contributed by atoms with Crippen LogP contribution >= 0.6 is 0 Å². The predicted molar refractivity (Wildman–Crippen MR) is 72.0 cm³/mol. The van der Waals surface area contributed by atoms with E-state index in [1.807, 2.05) is 0 Å². The zero-order valence-electron chi connectivity index (χ0n) is 11.8. The molecule has 0 atom stereocenters. The summed E-state index contributed by atoms with van der Waals surface area (Å²) in [6.45, 7) is 10.3. The van der Waals surface area contributed by atoms with Crippen molar-refractivity contribution in [1.29, 1.82) is 0 Å². The van der Waals surface area contributed by atoms with Crippen molar-refractivity contribution in [2.24, 2.45) is 11.3 Å². The van der Waals surface area contributed by atoms with E-state index in [9.17, 15) is 5.11 Å². The summed E-state index contributed by atoms with van der Waals surface area (Å²) in [4.78, 5) is 2.48. The van der Waals surface area contributed by atoms with Crippen molar-refractivity contribution in [1.82, 2.24) is 4.90 Å². The van der Waals surface area contributed by atoms with Crippen LogP contribution in [0.2, 0.25) is 0 Å². The van der Waals surface area contributed by atoms with Crippen molar-refractivity contribution >= 4 is 0 Å². The van der Waals surface area contributed by atoms with Crippen molar-refractivity contribution in [3.05, 3.63) is 0 Å². The van der Waals surface area contributed by atoms with Crippen molar-refractivity contribution in [2.45, 2.75) is 64.9 Å². The second-order valence-electron chi connectivity index (χ2n) is 7.35. The molecule has 1 heterocycles. The molecule has 0 aromatic rings. The summed E-state index contributed by atoms with van der Waals surface area (Å²) in [5.41, 5.74) is 0.0543. The Hall–Kier alpha value is -0.0800. The molecule has 2 nitrogen and oxygen atoms in total. The number of hydrogen-bond donors (Lipinski definition) is 1. The van der Waals surface area contributed by atoms with Crippen LogP contribution in [0.25, 0.3) is 0 Å². The summed E-state index contributed by atoms with van der Waals surface area (Å²) in [6, 6.07) is 0. The number of nitrogens with zero attached hydrogens (tertiary/aromatic N) is 1. The molecule has 0 aromatic heterocycles. The number of hydrogen-bond acceptors (Lipinski definition) is 2. The van der Waals surface area contributed by atoms with Gasteiger partial charge in [-0.15, -0.1) is 0 Å². The molecule has 1 N–H and O–H groups in total. The Labute approximate surface area is 106 Å². The zero-order chi connectivity index (χ0) is 12.5. The maximum absolute atomic E-state index is 10.7. The quantitative estimate of drug-likeness (QED) is 0.800. The molecule has 0 unspecified atom stereocenters. The summed E-state index contributed by atoms with van der Waals surface area (Å²) in [5, 5.41) is 10.7. The van der Waals surface area contributed by atoms with Crippen LogP contribution in [0.15, 0.2) is 0 Å². The van der Waals surface area contributed by atoms with E-state index in [0.717, 1.165) is 25.3 Å². The first-order chi connectivity index (χ1) is 7.89. The third kappa shape index (κ3) is 3.69. The first-order valence-electron chi connectivity index (χ1n) is 7.33. The average Bonchev–Trinajstić information content (AvgIpc) is 2.27. The van der Waals surface area contributed by atoms with E-state index in [2.05, 4.69) is 25.7 Å². The van der Waals surface area contributed by atoms with Crippen LogP contribution < -0.4 is 0 Å². The van der Waals surface area contributed by atoms with Crippen LogP contribution in [0.1, 0.15) is 59.3 Å². The van der Waals surface area contributed by atoms with Crippen LogP contribution in [0, 0.1) is 11.3 Å². The number of aliphatic hydroxyl groups is 1. The van der Waals surface area contributed by atoms with Crippen molar-refractivity contribution in [2.75, 3.05) is 19.6 Å². The second-order valence-corrected chi connectivity index (χ2v) is 7.35. The zero-order valence-corrected chi connectivity index (χ0v) is 11.8. The Morgan fingerprint density at radius 3 is 2.12 bits per heavy atom. The highest BCUT2D eigenvalue weighted by atomic mass is 16.3. The molecule has 2 aliphatic rings. The van der Waals surface area contributed by atoms with Crippen LogP contribution in [-0.2, 0) is 0 Å². The monoisotopic (exact) mass is 239 g/mol. The minimum atomic E-state index is -0.393. The van der Waals surface area contributed by atoms with Crippen molar-refractivity contribution < 1.29 is 5.11 Å². The fourth-order valence-corrected chi connectivity index (χ4v) is 3.19. The first kappa shape index (κ1) is 13.4. The molecule has 17 heavy (non-hydrogen) atoms. The molecule has 1 saturated carbocycles. The minimum absolute atomic E-state index is 0.393. The van der Waals surface area contributed by atoms with Crippen molar-refractivity contribution in [3.63, 3.8) is 0 Å². The highest BCUT2D eigenvalue weighted by Gasteiger charge is 2.38. The summed E-state index contributed by atoms with van der Waals surface area (Å²) < 4.78 is 0. The summed E-state index contributed by atoms with van der Waals surface area (Å²) in [6.07, 6.45) is 6.95. The van der Waals surface area contributed by atoms with Gasteiger partial charge in [-0.3, -0.25) is 0 Å². The van der Waals surface area contributed by atoms with E-state index in [-0.39, 0.29) is 0 Å². The molecule has 100 valence electrons. The maximum Gasteiger partial charge on any atom is 0.0774 e. The van der Waals surface area contributed by atoms with E-state index in [0.29, 0.717) is 5.41 Å². The van der Waals surface area contributed by atoms with Crippen LogP contribution in [0.5, 0.6) is 0 Å². The Bertz CT molecular complexity index is 244. The largest absolute Gasteiger partial charge is 0.389 e. The van der Waals surface area contributed by atoms with E-state index in [1.165, 1.54) is 38.8 Å². The molecular formula is C15H29NO. The number of rotatable bonds is 2. The van der Waals surface area contributed by atoms with Crippen LogP contribution in [-0.4, -0.2) is 35.2 Å². The molecule has 2 rings (SSSR count). The first-order valence-corrected chi connectivity index (χ1v) is 7.33. The molecule has 2 heteroatoms. The third-order valence-corrected chi connectivity index (χ3v) is 4.93. The Kier molecular flexibility index (Phi) is 3.84. The predicted octanol–water partition coefficient (Wildman–Crippen LogP) is 3.05. The summed E-state index contributed by atoms with van der Waals surface area (Å²) in [5.74, 6) is 0.881. The fraction of sp³-hybridized carbons (Fsp3) is 1.00. The standard InChI is InChI=1S/C15H29NO/c1-13-4-10-16(11-5-13)12-15(17)8-6-14(2,3)7-9-15/h13,17H,4-12H2,1-3H3. The SMILES string of the molecule is CC1CCN(CC2(O)CCC(C)(C)CC2)CC1. The summed E-state index contributed by atoms with van der Waals surface area (Å²) >= 11 is 0. The Morgan fingerprint density at radius 1 is 1.06 bits per heavy atom. The molecule has 1 aliphatic heterocycles. The van der Waals surface area contributed by atoms with E-state index in [1.54, 1.807) is 0 Å². The topological polar surface area (TPSA) is 23.5 Å². The lowest BCUT2D eigenvalue weighted by Gasteiger charge is -2.43. The Balaban J connectivity index is 1.82. The molecule has 0 amide bonds. The minimum Gasteiger partial charge on any atom is -0.389 e. The average molecular weight is 239 g/mol. The van der Waals surface area contributed by atoms with Gasteiger partial charge in [0, 0.05) is 6.54 Å². The van der Waals surface area contributed by atoms with E-state index >= 15 is 0 Å². The van der Waals surface area contributed by atoms with Gasteiger partial charge in [-0.1, -0.05) is 20.8 Å².